The highest BCUT2D eigenvalue weighted by Crippen LogP contribution is 2.44. The summed E-state index contributed by atoms with van der Waals surface area (Å²) in [6, 6.07) is 62.2. The highest BCUT2D eigenvalue weighted by atomic mass is 15.1. The van der Waals surface area contributed by atoms with Crippen LogP contribution in [0.25, 0.3) is 100 Å². The van der Waals surface area contributed by atoms with Crippen molar-refractivity contribution in [2.24, 2.45) is 0 Å². The van der Waals surface area contributed by atoms with Crippen molar-refractivity contribution < 1.29 is 0 Å². The fourth-order valence-corrected chi connectivity index (χ4v) is 10.7. The van der Waals surface area contributed by atoms with E-state index in [4.69, 9.17) is 15.0 Å². The third kappa shape index (κ3) is 8.70. The van der Waals surface area contributed by atoms with E-state index in [-0.39, 0.29) is 21.7 Å². The monoisotopic (exact) mass is 990 g/mol. The molecule has 11 rings (SSSR count). The Morgan fingerprint density at radius 3 is 1.16 bits per heavy atom. The molecule has 0 saturated carbocycles. The summed E-state index contributed by atoms with van der Waals surface area (Å²) in [6.07, 6.45) is 0. The Morgan fingerprint density at radius 1 is 0.342 bits per heavy atom. The van der Waals surface area contributed by atoms with Crippen LogP contribution in [0.4, 0.5) is 0 Å². The van der Waals surface area contributed by atoms with Crippen molar-refractivity contribution >= 4 is 43.6 Å². The van der Waals surface area contributed by atoms with Crippen LogP contribution in [-0.4, -0.2) is 24.1 Å². The number of hydrogen-bond acceptors (Lipinski definition) is 5. The van der Waals surface area contributed by atoms with Crippen molar-refractivity contribution in [3.63, 3.8) is 0 Å². The summed E-state index contributed by atoms with van der Waals surface area (Å²) < 4.78 is 4.66. The molecule has 76 heavy (non-hydrogen) atoms. The van der Waals surface area contributed by atoms with Crippen LogP contribution in [0.15, 0.2) is 164 Å². The van der Waals surface area contributed by atoms with E-state index >= 15 is 0 Å². The molecule has 7 nitrogen and oxygen atoms in total. The largest absolute Gasteiger partial charge is 0.309 e. The van der Waals surface area contributed by atoms with Gasteiger partial charge in [0.15, 0.2) is 17.5 Å². The molecule has 0 unspecified atom stereocenters. The van der Waals surface area contributed by atoms with Crippen molar-refractivity contribution in [2.75, 3.05) is 0 Å². The second-order valence-corrected chi connectivity index (χ2v) is 24.5. The molecule has 0 atom stereocenters. The smallest absolute Gasteiger partial charge is 0.166 e. The van der Waals surface area contributed by atoms with Crippen molar-refractivity contribution in [3.05, 3.63) is 197 Å². The quantitative estimate of drug-likeness (QED) is 0.165. The Bertz CT molecular complexity index is 4080. The van der Waals surface area contributed by atoms with E-state index in [1.807, 2.05) is 72.8 Å². The predicted molar refractivity (Wildman–Crippen MR) is 314 cm³/mol. The average Bonchev–Trinajstić information content (AvgIpc) is 3.99. The summed E-state index contributed by atoms with van der Waals surface area (Å²) in [6.45, 7) is 27.1. The fraction of sp³-hybridized carbons (Fsp3) is 0.232. The molecule has 0 amide bonds. The minimum atomic E-state index is -0.0774. The maximum atomic E-state index is 10.6. The summed E-state index contributed by atoms with van der Waals surface area (Å²) in [5.74, 6) is 1.36. The van der Waals surface area contributed by atoms with Crippen molar-refractivity contribution in [2.45, 2.75) is 105 Å². The van der Waals surface area contributed by atoms with E-state index in [0.29, 0.717) is 34.2 Å². The Hall–Kier alpha value is -8.65. The van der Waals surface area contributed by atoms with Gasteiger partial charge in [0.1, 0.15) is 0 Å². The molecule has 0 aliphatic heterocycles. The number of rotatable bonds is 6. The minimum absolute atomic E-state index is 0.0736. The Kier molecular flexibility index (Phi) is 11.8. The molecule has 0 spiro atoms. The molecule has 3 heterocycles. The first-order valence-electron chi connectivity index (χ1n) is 26.3. The van der Waals surface area contributed by atoms with Crippen LogP contribution in [-0.2, 0) is 21.7 Å². The molecule has 0 fully saturated rings. The van der Waals surface area contributed by atoms with Crippen LogP contribution >= 0.6 is 0 Å². The average molecular weight is 990 g/mol. The third-order valence-corrected chi connectivity index (χ3v) is 15.1. The molecule has 3 aromatic heterocycles. The number of benzene rings is 8. The molecular formula is C69H63N7. The van der Waals surface area contributed by atoms with Crippen molar-refractivity contribution in [1.82, 2.24) is 24.1 Å². The van der Waals surface area contributed by atoms with E-state index in [1.165, 1.54) is 22.3 Å². The normalized spacial score (nSPS) is 12.4. The molecule has 8 aromatic carbocycles. The molecule has 0 bridgehead atoms. The van der Waals surface area contributed by atoms with E-state index in [1.54, 1.807) is 0 Å². The molecular weight excluding hydrogens is 927 g/mol. The fourth-order valence-electron chi connectivity index (χ4n) is 10.7. The van der Waals surface area contributed by atoms with Gasteiger partial charge in [-0.1, -0.05) is 162 Å². The lowest BCUT2D eigenvalue weighted by Crippen LogP contribution is -2.10. The Morgan fingerprint density at radius 2 is 0.737 bits per heavy atom. The molecule has 7 heteroatoms. The van der Waals surface area contributed by atoms with Gasteiger partial charge in [0.2, 0.25) is 0 Å². The van der Waals surface area contributed by atoms with Crippen LogP contribution in [0.3, 0.4) is 0 Å². The highest BCUT2D eigenvalue weighted by molar-refractivity contribution is 6.11. The lowest BCUT2D eigenvalue weighted by molar-refractivity contribution is 0.590. The molecule has 0 saturated heterocycles. The highest BCUT2D eigenvalue weighted by Gasteiger charge is 2.27. The number of nitriles is 2. The molecule has 0 aliphatic carbocycles. The summed E-state index contributed by atoms with van der Waals surface area (Å²) >= 11 is 0. The van der Waals surface area contributed by atoms with Gasteiger partial charge < -0.3 is 9.13 Å². The number of hydrogen-bond donors (Lipinski definition) is 0. The van der Waals surface area contributed by atoms with Gasteiger partial charge >= 0.3 is 0 Å². The molecule has 374 valence electrons. The number of aromatic nitrogens is 5. The predicted octanol–water partition coefficient (Wildman–Crippen LogP) is 17.7. The van der Waals surface area contributed by atoms with E-state index in [2.05, 4.69) is 195 Å². The first-order chi connectivity index (χ1) is 36.1. The van der Waals surface area contributed by atoms with Crippen LogP contribution in [0, 0.1) is 22.7 Å². The molecule has 0 radical (unpaired) electrons. The minimum Gasteiger partial charge on any atom is -0.309 e. The van der Waals surface area contributed by atoms with Gasteiger partial charge in [0, 0.05) is 38.2 Å². The maximum absolute atomic E-state index is 10.6. The van der Waals surface area contributed by atoms with E-state index in [9.17, 15) is 10.5 Å². The van der Waals surface area contributed by atoms with Gasteiger partial charge in [-0.3, -0.25) is 0 Å². The van der Waals surface area contributed by atoms with E-state index in [0.717, 1.165) is 77.2 Å². The summed E-state index contributed by atoms with van der Waals surface area (Å²) in [5.41, 5.74) is 15.6. The topological polar surface area (TPSA) is 96.1 Å². The Labute approximate surface area is 446 Å². The summed E-state index contributed by atoms with van der Waals surface area (Å²) in [7, 11) is 0. The van der Waals surface area contributed by atoms with Crippen molar-refractivity contribution in [1.29, 1.82) is 10.5 Å². The molecule has 0 aliphatic rings. The van der Waals surface area contributed by atoms with Gasteiger partial charge in [-0.2, -0.15) is 10.5 Å². The Balaban J connectivity index is 1.25. The SMILES string of the molecule is CC(C)(C)c1ccc2c(c1)c1cc(C(C)(C)C)ccc1n2-c1ccc(C#N)cc1-c1nc(-c2ccccc2)nc(-c2cc(-c3ccccc3C#N)ccc2-n2c3ccc(C(C)(C)C)cc3c3cc(C(C)(C)C)ccc32)n1. The van der Waals surface area contributed by atoms with Gasteiger partial charge in [0.05, 0.1) is 56.7 Å². The first-order valence-corrected chi connectivity index (χ1v) is 26.3. The summed E-state index contributed by atoms with van der Waals surface area (Å²) in [4.78, 5) is 16.4. The standard InChI is InChI=1S/C69H63N7/c1-66(2,3)46-24-30-57-51(36-46)52-37-47(67(4,5)6)25-31-58(52)75(57)61-28-22-42(40-70)34-55(61)64-72-63(43-18-14-13-15-19-43)73-65(74-64)56-35-44(50-21-17-16-20-45(50)41-71)23-29-62(56)76-59-32-26-48(68(7,8)9)38-53(59)54-39-49(69(10,11)12)27-33-60(54)76/h13-39H,1-12H3. The molecule has 11 aromatic rings. The van der Waals surface area contributed by atoms with Crippen LogP contribution in [0.2, 0.25) is 0 Å². The van der Waals surface area contributed by atoms with Gasteiger partial charge in [0.25, 0.3) is 0 Å². The zero-order valence-electron chi connectivity index (χ0n) is 45.7. The number of fused-ring (bicyclic) bond motifs is 6. The zero-order chi connectivity index (χ0) is 53.6. The second-order valence-electron chi connectivity index (χ2n) is 24.5. The van der Waals surface area contributed by atoms with Crippen LogP contribution in [0.5, 0.6) is 0 Å². The maximum Gasteiger partial charge on any atom is 0.166 e. The lowest BCUT2D eigenvalue weighted by Gasteiger charge is -2.20. The zero-order valence-corrected chi connectivity index (χ0v) is 45.7. The first kappa shape index (κ1) is 49.6. The van der Waals surface area contributed by atoms with Gasteiger partial charge in [-0.25, -0.2) is 15.0 Å². The van der Waals surface area contributed by atoms with Gasteiger partial charge in [-0.15, -0.1) is 0 Å². The molecule has 0 N–H and O–H groups in total. The van der Waals surface area contributed by atoms with Crippen molar-refractivity contribution in [3.8, 4) is 68.8 Å². The van der Waals surface area contributed by atoms with Crippen LogP contribution < -0.4 is 0 Å². The number of nitrogens with zero attached hydrogens (tertiary/aromatic N) is 7. The lowest BCUT2D eigenvalue weighted by atomic mass is 9.85. The summed E-state index contributed by atoms with van der Waals surface area (Å²) in [5, 5.41) is 25.7. The van der Waals surface area contributed by atoms with Crippen LogP contribution in [0.1, 0.15) is 116 Å². The third-order valence-electron chi connectivity index (χ3n) is 15.1. The van der Waals surface area contributed by atoms with Gasteiger partial charge in [-0.05, 0) is 140 Å². The second kappa shape index (κ2) is 18.0. The van der Waals surface area contributed by atoms with E-state index < -0.39 is 0 Å².